The quantitative estimate of drug-likeness (QED) is 0.915. The number of hydrogen-bond acceptors (Lipinski definition) is 3. The van der Waals surface area contributed by atoms with Crippen molar-refractivity contribution >= 4 is 27.3 Å². The molecular formula is C17H20N2O3S. The number of rotatable bonds is 5. The fourth-order valence-corrected chi connectivity index (χ4v) is 3.51. The molecule has 0 aromatic heterocycles. The zero-order chi connectivity index (χ0) is 17.0. The molecule has 23 heavy (non-hydrogen) atoms. The third kappa shape index (κ3) is 4.10. The Morgan fingerprint density at radius 3 is 2.17 bits per heavy atom. The van der Waals surface area contributed by atoms with Gasteiger partial charge in [-0.1, -0.05) is 36.4 Å². The highest BCUT2D eigenvalue weighted by atomic mass is 32.2. The highest BCUT2D eigenvalue weighted by molar-refractivity contribution is 7.92. The number of hydrogen-bond donors (Lipinski definition) is 1. The molecule has 6 heteroatoms. The van der Waals surface area contributed by atoms with Gasteiger partial charge in [-0.2, -0.15) is 0 Å². The van der Waals surface area contributed by atoms with E-state index in [1.54, 1.807) is 43.3 Å². The normalized spacial score (nSPS) is 12.5. The summed E-state index contributed by atoms with van der Waals surface area (Å²) in [5, 5.41) is 2.79. The summed E-state index contributed by atoms with van der Waals surface area (Å²) >= 11 is 0. The van der Waals surface area contributed by atoms with Crippen molar-refractivity contribution in [2.75, 3.05) is 15.9 Å². The maximum absolute atomic E-state index is 12.5. The van der Waals surface area contributed by atoms with E-state index in [4.69, 9.17) is 0 Å². The minimum atomic E-state index is -3.59. The van der Waals surface area contributed by atoms with E-state index in [0.717, 1.165) is 16.1 Å². The summed E-state index contributed by atoms with van der Waals surface area (Å²) in [6.07, 6.45) is 1.09. The van der Waals surface area contributed by atoms with Gasteiger partial charge in [-0.05, 0) is 37.6 Å². The Morgan fingerprint density at radius 2 is 1.61 bits per heavy atom. The van der Waals surface area contributed by atoms with E-state index in [1.165, 1.54) is 0 Å². The highest BCUT2D eigenvalue weighted by Crippen LogP contribution is 2.21. The van der Waals surface area contributed by atoms with Gasteiger partial charge in [-0.25, -0.2) is 8.42 Å². The van der Waals surface area contributed by atoms with E-state index in [9.17, 15) is 13.2 Å². The second kappa shape index (κ2) is 6.83. The van der Waals surface area contributed by atoms with Crippen molar-refractivity contribution in [2.24, 2.45) is 0 Å². The molecular weight excluding hydrogens is 312 g/mol. The van der Waals surface area contributed by atoms with Crippen molar-refractivity contribution in [3.8, 4) is 0 Å². The van der Waals surface area contributed by atoms with Crippen LogP contribution in [-0.2, 0) is 14.8 Å². The summed E-state index contributed by atoms with van der Waals surface area (Å²) in [7, 11) is -3.59. The summed E-state index contributed by atoms with van der Waals surface area (Å²) in [4.78, 5) is 12.5. The average molecular weight is 332 g/mol. The molecule has 0 heterocycles. The van der Waals surface area contributed by atoms with E-state index in [1.807, 2.05) is 25.1 Å². The van der Waals surface area contributed by atoms with Crippen molar-refractivity contribution in [1.29, 1.82) is 0 Å². The first-order chi connectivity index (χ1) is 10.8. The van der Waals surface area contributed by atoms with Gasteiger partial charge in [-0.3, -0.25) is 9.10 Å². The highest BCUT2D eigenvalue weighted by Gasteiger charge is 2.29. The van der Waals surface area contributed by atoms with Gasteiger partial charge in [0, 0.05) is 5.69 Å². The lowest BCUT2D eigenvalue weighted by Crippen LogP contribution is -2.45. The van der Waals surface area contributed by atoms with E-state index in [-0.39, 0.29) is 5.91 Å². The van der Waals surface area contributed by atoms with Gasteiger partial charge < -0.3 is 5.32 Å². The van der Waals surface area contributed by atoms with Gasteiger partial charge in [-0.15, -0.1) is 0 Å². The molecule has 2 aromatic rings. The molecule has 0 spiro atoms. The standard InChI is InChI=1S/C17H20N2O3S/c1-13-9-7-8-12-16(13)18-17(20)14(2)19(23(3,21)22)15-10-5-4-6-11-15/h4-12,14H,1-3H3,(H,18,20). The molecule has 0 saturated heterocycles. The summed E-state index contributed by atoms with van der Waals surface area (Å²) < 4.78 is 25.4. The largest absolute Gasteiger partial charge is 0.324 e. The molecule has 1 N–H and O–H groups in total. The minimum Gasteiger partial charge on any atom is -0.324 e. The Morgan fingerprint density at radius 1 is 1.04 bits per heavy atom. The molecule has 0 aliphatic carbocycles. The average Bonchev–Trinajstić information content (AvgIpc) is 2.49. The fourth-order valence-electron chi connectivity index (χ4n) is 2.33. The molecule has 122 valence electrons. The Kier molecular flexibility index (Phi) is 5.05. The lowest BCUT2D eigenvalue weighted by atomic mass is 10.2. The van der Waals surface area contributed by atoms with Crippen LogP contribution in [-0.4, -0.2) is 26.6 Å². The monoisotopic (exact) mass is 332 g/mol. The number of nitrogens with one attached hydrogen (secondary N) is 1. The Labute approximate surface area is 137 Å². The number of amides is 1. The van der Waals surface area contributed by atoms with Crippen molar-refractivity contribution in [3.05, 3.63) is 60.2 Å². The summed E-state index contributed by atoms with van der Waals surface area (Å²) in [6, 6.07) is 15.1. The number of carbonyl (C=O) groups excluding carboxylic acids is 1. The first-order valence-electron chi connectivity index (χ1n) is 7.21. The van der Waals surface area contributed by atoms with Crippen LogP contribution in [0.2, 0.25) is 0 Å². The molecule has 0 aliphatic rings. The molecule has 0 aliphatic heterocycles. The van der Waals surface area contributed by atoms with Crippen LogP contribution in [0.25, 0.3) is 0 Å². The Hall–Kier alpha value is -2.34. The lowest BCUT2D eigenvalue weighted by molar-refractivity contribution is -0.116. The lowest BCUT2D eigenvalue weighted by Gasteiger charge is -2.28. The first-order valence-corrected chi connectivity index (χ1v) is 9.06. The zero-order valence-corrected chi connectivity index (χ0v) is 14.2. The van der Waals surface area contributed by atoms with Gasteiger partial charge in [0.1, 0.15) is 6.04 Å². The molecule has 2 rings (SSSR count). The van der Waals surface area contributed by atoms with Gasteiger partial charge >= 0.3 is 0 Å². The van der Waals surface area contributed by atoms with E-state index in [2.05, 4.69) is 5.32 Å². The van der Waals surface area contributed by atoms with Gasteiger partial charge in [0.25, 0.3) is 0 Å². The third-order valence-corrected chi connectivity index (χ3v) is 4.74. The number of benzene rings is 2. The number of carbonyl (C=O) groups is 1. The first kappa shape index (κ1) is 17.0. The summed E-state index contributed by atoms with van der Waals surface area (Å²) in [5.74, 6) is -0.381. The predicted molar refractivity (Wildman–Crippen MR) is 93.0 cm³/mol. The number of aryl methyl sites for hydroxylation is 1. The molecule has 2 aromatic carbocycles. The molecule has 5 nitrogen and oxygen atoms in total. The van der Waals surface area contributed by atoms with Crippen LogP contribution in [0.4, 0.5) is 11.4 Å². The van der Waals surface area contributed by atoms with Crippen LogP contribution in [0.1, 0.15) is 12.5 Å². The Bertz CT molecular complexity index is 788. The molecule has 1 amide bonds. The maximum atomic E-state index is 12.5. The van der Waals surface area contributed by atoms with Gasteiger partial charge in [0.2, 0.25) is 15.9 Å². The molecule has 1 atom stereocenters. The van der Waals surface area contributed by atoms with Crippen LogP contribution in [0.5, 0.6) is 0 Å². The molecule has 0 fully saturated rings. The molecule has 0 saturated carbocycles. The third-order valence-electron chi connectivity index (χ3n) is 3.50. The smallest absolute Gasteiger partial charge is 0.248 e. The second-order valence-electron chi connectivity index (χ2n) is 5.37. The summed E-state index contributed by atoms with van der Waals surface area (Å²) in [5.41, 5.74) is 2.05. The van der Waals surface area contributed by atoms with E-state index in [0.29, 0.717) is 11.4 Å². The van der Waals surface area contributed by atoms with Crippen molar-refractivity contribution in [1.82, 2.24) is 0 Å². The van der Waals surface area contributed by atoms with E-state index < -0.39 is 16.1 Å². The number of para-hydroxylation sites is 2. The van der Waals surface area contributed by atoms with Crippen LogP contribution in [0.3, 0.4) is 0 Å². The van der Waals surface area contributed by atoms with Gasteiger partial charge in [0.05, 0.1) is 11.9 Å². The number of anilines is 2. The van der Waals surface area contributed by atoms with Crippen molar-refractivity contribution in [3.63, 3.8) is 0 Å². The zero-order valence-electron chi connectivity index (χ0n) is 13.4. The van der Waals surface area contributed by atoms with Crippen LogP contribution in [0.15, 0.2) is 54.6 Å². The van der Waals surface area contributed by atoms with E-state index >= 15 is 0 Å². The molecule has 0 radical (unpaired) electrons. The summed E-state index contributed by atoms with van der Waals surface area (Å²) in [6.45, 7) is 3.45. The number of sulfonamides is 1. The van der Waals surface area contributed by atoms with Crippen molar-refractivity contribution < 1.29 is 13.2 Å². The van der Waals surface area contributed by atoms with Crippen molar-refractivity contribution in [2.45, 2.75) is 19.9 Å². The Balaban J connectivity index is 2.29. The minimum absolute atomic E-state index is 0.381. The fraction of sp³-hybridized carbons (Fsp3) is 0.235. The van der Waals surface area contributed by atoms with Crippen LogP contribution >= 0.6 is 0 Å². The second-order valence-corrected chi connectivity index (χ2v) is 7.23. The van der Waals surface area contributed by atoms with Crippen LogP contribution in [0, 0.1) is 6.92 Å². The molecule has 1 unspecified atom stereocenters. The predicted octanol–water partition coefficient (Wildman–Crippen LogP) is 2.79. The molecule has 0 bridgehead atoms. The number of nitrogens with zero attached hydrogens (tertiary/aromatic N) is 1. The maximum Gasteiger partial charge on any atom is 0.248 e. The topological polar surface area (TPSA) is 66.5 Å². The SMILES string of the molecule is Cc1ccccc1NC(=O)C(C)N(c1ccccc1)S(C)(=O)=O. The van der Waals surface area contributed by atoms with Crippen LogP contribution < -0.4 is 9.62 Å². The van der Waals surface area contributed by atoms with Gasteiger partial charge in [0.15, 0.2) is 0 Å².